The number of halogens is 1. The largest absolute Gasteiger partial charge is 0.400 e. The van der Waals surface area contributed by atoms with Gasteiger partial charge in [-0.3, -0.25) is 4.90 Å². The first-order valence-electron chi connectivity index (χ1n) is 8.14. The van der Waals surface area contributed by atoms with Crippen molar-refractivity contribution < 1.29 is 5.11 Å². The SMILES string of the molecule is CCCC(CC)N1CCN(c2ccc(Cl)cc2N)CC1.CO. The molecule has 126 valence electrons. The van der Waals surface area contributed by atoms with Gasteiger partial charge in [-0.2, -0.15) is 0 Å². The van der Waals surface area contributed by atoms with E-state index < -0.39 is 0 Å². The Labute approximate surface area is 139 Å². The first-order valence-corrected chi connectivity index (χ1v) is 8.52. The van der Waals surface area contributed by atoms with Crippen LogP contribution in [-0.4, -0.2) is 49.3 Å². The second-order valence-electron chi connectivity index (χ2n) is 5.58. The zero-order valence-corrected chi connectivity index (χ0v) is 14.8. The van der Waals surface area contributed by atoms with E-state index in [1.165, 1.54) is 19.3 Å². The summed E-state index contributed by atoms with van der Waals surface area (Å²) in [5, 5.41) is 7.71. The maximum atomic E-state index is 7.00. The highest BCUT2D eigenvalue weighted by molar-refractivity contribution is 6.31. The van der Waals surface area contributed by atoms with Crippen molar-refractivity contribution >= 4 is 23.0 Å². The number of benzene rings is 1. The van der Waals surface area contributed by atoms with Crippen LogP contribution in [0.25, 0.3) is 0 Å². The van der Waals surface area contributed by atoms with Crippen molar-refractivity contribution in [2.75, 3.05) is 43.9 Å². The van der Waals surface area contributed by atoms with E-state index in [1.807, 2.05) is 18.2 Å². The van der Waals surface area contributed by atoms with Gasteiger partial charge in [0.25, 0.3) is 0 Å². The summed E-state index contributed by atoms with van der Waals surface area (Å²) < 4.78 is 0. The maximum Gasteiger partial charge on any atom is 0.0601 e. The number of rotatable bonds is 5. The van der Waals surface area contributed by atoms with E-state index in [2.05, 4.69) is 23.6 Å². The van der Waals surface area contributed by atoms with Gasteiger partial charge in [-0.15, -0.1) is 0 Å². The number of piperazine rings is 1. The minimum absolute atomic E-state index is 0.707. The topological polar surface area (TPSA) is 52.7 Å². The molecule has 4 nitrogen and oxygen atoms in total. The number of nitrogen functional groups attached to an aromatic ring is 1. The number of aliphatic hydroxyl groups is 1. The number of hydrogen-bond donors (Lipinski definition) is 2. The predicted octanol–water partition coefficient (Wildman–Crippen LogP) is 3.23. The fraction of sp³-hybridized carbons (Fsp3) is 0.647. The van der Waals surface area contributed by atoms with E-state index in [9.17, 15) is 0 Å². The van der Waals surface area contributed by atoms with Gasteiger partial charge in [0, 0.05) is 44.4 Å². The van der Waals surface area contributed by atoms with Gasteiger partial charge in [0.1, 0.15) is 0 Å². The first-order chi connectivity index (χ1) is 10.7. The third kappa shape index (κ3) is 5.04. The summed E-state index contributed by atoms with van der Waals surface area (Å²) in [6.07, 6.45) is 3.82. The zero-order valence-electron chi connectivity index (χ0n) is 14.1. The van der Waals surface area contributed by atoms with Crippen LogP contribution in [0, 0.1) is 0 Å². The van der Waals surface area contributed by atoms with Gasteiger partial charge >= 0.3 is 0 Å². The molecule has 0 saturated carbocycles. The Balaban J connectivity index is 0.00000116. The van der Waals surface area contributed by atoms with Crippen molar-refractivity contribution in [2.45, 2.75) is 39.2 Å². The predicted molar refractivity (Wildman–Crippen MR) is 96.8 cm³/mol. The Bertz CT molecular complexity index is 434. The number of aliphatic hydroxyl groups excluding tert-OH is 1. The molecule has 0 amide bonds. The van der Waals surface area contributed by atoms with Gasteiger partial charge in [0.05, 0.1) is 11.4 Å². The molecule has 1 aliphatic rings. The van der Waals surface area contributed by atoms with Gasteiger partial charge in [-0.05, 0) is 31.0 Å². The van der Waals surface area contributed by atoms with Crippen LogP contribution in [0.2, 0.25) is 5.02 Å². The smallest absolute Gasteiger partial charge is 0.0601 e. The van der Waals surface area contributed by atoms with Crippen molar-refractivity contribution in [3.8, 4) is 0 Å². The van der Waals surface area contributed by atoms with Gasteiger partial charge in [-0.25, -0.2) is 0 Å². The van der Waals surface area contributed by atoms with Gasteiger partial charge in [-0.1, -0.05) is 31.9 Å². The van der Waals surface area contributed by atoms with Crippen molar-refractivity contribution in [2.24, 2.45) is 0 Å². The Morgan fingerprint density at radius 1 is 1.18 bits per heavy atom. The molecule has 2 rings (SSSR count). The molecule has 5 heteroatoms. The zero-order chi connectivity index (χ0) is 16.5. The molecule has 0 bridgehead atoms. The highest BCUT2D eigenvalue weighted by Crippen LogP contribution is 2.28. The van der Waals surface area contributed by atoms with Gasteiger partial charge in [0.2, 0.25) is 0 Å². The second kappa shape index (κ2) is 9.93. The van der Waals surface area contributed by atoms with E-state index >= 15 is 0 Å². The molecule has 0 radical (unpaired) electrons. The van der Waals surface area contributed by atoms with E-state index in [0.29, 0.717) is 5.02 Å². The molecular formula is C17H30ClN3O. The lowest BCUT2D eigenvalue weighted by Gasteiger charge is -2.40. The van der Waals surface area contributed by atoms with Gasteiger partial charge < -0.3 is 15.7 Å². The summed E-state index contributed by atoms with van der Waals surface area (Å²) in [5.41, 5.74) is 7.99. The van der Waals surface area contributed by atoms with E-state index in [4.69, 9.17) is 22.4 Å². The maximum absolute atomic E-state index is 7.00. The number of anilines is 2. The Kier molecular flexibility index (Phi) is 8.61. The summed E-state index contributed by atoms with van der Waals surface area (Å²) >= 11 is 5.97. The van der Waals surface area contributed by atoms with Crippen molar-refractivity contribution in [1.82, 2.24) is 4.90 Å². The normalized spacial score (nSPS) is 16.9. The summed E-state index contributed by atoms with van der Waals surface area (Å²) in [7, 11) is 1.00. The molecule has 0 aromatic heterocycles. The van der Waals surface area contributed by atoms with Crippen molar-refractivity contribution in [1.29, 1.82) is 0 Å². The Morgan fingerprint density at radius 3 is 2.32 bits per heavy atom. The third-order valence-electron chi connectivity index (χ3n) is 4.25. The highest BCUT2D eigenvalue weighted by atomic mass is 35.5. The molecule has 0 spiro atoms. The molecular weight excluding hydrogens is 298 g/mol. The lowest BCUT2D eigenvalue weighted by atomic mass is 10.1. The number of nitrogens with two attached hydrogens (primary N) is 1. The molecule has 1 unspecified atom stereocenters. The third-order valence-corrected chi connectivity index (χ3v) is 4.49. The molecule has 1 aromatic carbocycles. The molecule has 3 N–H and O–H groups in total. The van der Waals surface area contributed by atoms with E-state index in [1.54, 1.807) is 0 Å². The molecule has 1 saturated heterocycles. The van der Waals surface area contributed by atoms with E-state index in [-0.39, 0.29) is 0 Å². The average molecular weight is 328 g/mol. The molecule has 1 heterocycles. The van der Waals surface area contributed by atoms with Crippen LogP contribution >= 0.6 is 11.6 Å². The molecule has 1 fully saturated rings. The standard InChI is InChI=1S/C16H26ClN3.CH4O/c1-3-5-14(4-2)19-8-10-20(11-9-19)16-7-6-13(17)12-15(16)18;1-2/h6-7,12,14H,3-5,8-11,18H2,1-2H3;2H,1H3. The van der Waals surface area contributed by atoms with Gasteiger partial charge in [0.15, 0.2) is 0 Å². The number of nitrogens with zero attached hydrogens (tertiary/aromatic N) is 2. The van der Waals surface area contributed by atoms with E-state index in [0.717, 1.165) is 50.7 Å². The van der Waals surface area contributed by atoms with Crippen LogP contribution in [0.15, 0.2) is 18.2 Å². The summed E-state index contributed by atoms with van der Waals surface area (Å²) in [5.74, 6) is 0. The molecule has 1 atom stereocenters. The second-order valence-corrected chi connectivity index (χ2v) is 6.01. The molecule has 1 aliphatic heterocycles. The Morgan fingerprint density at radius 2 is 1.82 bits per heavy atom. The minimum atomic E-state index is 0.707. The first kappa shape index (κ1) is 19.1. The van der Waals surface area contributed by atoms with Crippen molar-refractivity contribution in [3.05, 3.63) is 23.2 Å². The summed E-state index contributed by atoms with van der Waals surface area (Å²) in [6.45, 7) is 8.91. The molecule has 0 aliphatic carbocycles. The minimum Gasteiger partial charge on any atom is -0.400 e. The van der Waals surface area contributed by atoms with Crippen LogP contribution in [0.3, 0.4) is 0 Å². The van der Waals surface area contributed by atoms with Crippen LogP contribution in [-0.2, 0) is 0 Å². The van der Waals surface area contributed by atoms with Crippen molar-refractivity contribution in [3.63, 3.8) is 0 Å². The Hall–Kier alpha value is -0.970. The van der Waals surface area contributed by atoms with Crippen LogP contribution in [0.5, 0.6) is 0 Å². The quantitative estimate of drug-likeness (QED) is 0.815. The number of hydrogen-bond acceptors (Lipinski definition) is 4. The average Bonchev–Trinajstić information content (AvgIpc) is 2.55. The van der Waals surface area contributed by atoms with Crippen LogP contribution in [0.1, 0.15) is 33.1 Å². The monoisotopic (exact) mass is 327 g/mol. The lowest BCUT2D eigenvalue weighted by molar-refractivity contribution is 0.170. The fourth-order valence-electron chi connectivity index (χ4n) is 3.12. The summed E-state index contributed by atoms with van der Waals surface area (Å²) in [6, 6.07) is 6.54. The van der Waals surface area contributed by atoms with Crippen LogP contribution < -0.4 is 10.6 Å². The molecule has 22 heavy (non-hydrogen) atoms. The van der Waals surface area contributed by atoms with Crippen LogP contribution in [0.4, 0.5) is 11.4 Å². The fourth-order valence-corrected chi connectivity index (χ4v) is 3.30. The molecule has 1 aromatic rings. The lowest BCUT2D eigenvalue weighted by Crippen LogP contribution is -2.50. The highest BCUT2D eigenvalue weighted by Gasteiger charge is 2.23. The summed E-state index contributed by atoms with van der Waals surface area (Å²) in [4.78, 5) is 5.01.